The van der Waals surface area contributed by atoms with Crippen molar-refractivity contribution >= 4 is 23.2 Å². The van der Waals surface area contributed by atoms with E-state index < -0.39 is 0 Å². The summed E-state index contributed by atoms with van der Waals surface area (Å²) >= 11 is 5.66. The predicted octanol–water partition coefficient (Wildman–Crippen LogP) is 2.34. The van der Waals surface area contributed by atoms with Gasteiger partial charge < -0.3 is 11.1 Å². The fourth-order valence-corrected chi connectivity index (χ4v) is 2.34. The standard InChI is InChI=1S/C12H16ClN3O/c13-10-4-3-9(8-15-10)16-11(17)7-12(14)5-1-2-6-12/h3-4,8H,1-2,5-7,14H2,(H,16,17). The second-order valence-electron chi connectivity index (χ2n) is 4.66. The van der Waals surface area contributed by atoms with Gasteiger partial charge in [-0.15, -0.1) is 0 Å². The number of anilines is 1. The van der Waals surface area contributed by atoms with Gasteiger partial charge in [0.25, 0.3) is 0 Å². The molecule has 17 heavy (non-hydrogen) atoms. The molecule has 1 aliphatic rings. The maximum absolute atomic E-state index is 11.8. The number of pyridine rings is 1. The summed E-state index contributed by atoms with van der Waals surface area (Å²) in [5.41, 5.74) is 6.48. The summed E-state index contributed by atoms with van der Waals surface area (Å²) < 4.78 is 0. The van der Waals surface area contributed by atoms with Gasteiger partial charge in [0.15, 0.2) is 0 Å². The van der Waals surface area contributed by atoms with Gasteiger partial charge in [0.05, 0.1) is 11.9 Å². The highest BCUT2D eigenvalue weighted by Crippen LogP contribution is 2.30. The Balaban J connectivity index is 1.91. The largest absolute Gasteiger partial charge is 0.325 e. The second-order valence-corrected chi connectivity index (χ2v) is 5.05. The van der Waals surface area contributed by atoms with E-state index in [0.717, 1.165) is 25.7 Å². The number of amides is 1. The zero-order valence-corrected chi connectivity index (χ0v) is 10.3. The first-order valence-electron chi connectivity index (χ1n) is 5.78. The summed E-state index contributed by atoms with van der Waals surface area (Å²) in [5, 5.41) is 3.19. The number of hydrogen-bond donors (Lipinski definition) is 2. The van der Waals surface area contributed by atoms with Crippen LogP contribution in [0.1, 0.15) is 32.1 Å². The Morgan fingerprint density at radius 3 is 2.76 bits per heavy atom. The van der Waals surface area contributed by atoms with Crippen LogP contribution >= 0.6 is 11.6 Å². The SMILES string of the molecule is NC1(CC(=O)Nc2ccc(Cl)nc2)CCCC1. The van der Waals surface area contributed by atoms with E-state index in [0.29, 0.717) is 17.3 Å². The van der Waals surface area contributed by atoms with Crippen LogP contribution in [-0.4, -0.2) is 16.4 Å². The molecule has 0 unspecified atom stereocenters. The smallest absolute Gasteiger partial charge is 0.226 e. The summed E-state index contributed by atoms with van der Waals surface area (Å²) in [6.07, 6.45) is 6.00. The summed E-state index contributed by atoms with van der Waals surface area (Å²) in [5.74, 6) is -0.0569. The highest BCUT2D eigenvalue weighted by molar-refractivity contribution is 6.29. The molecular weight excluding hydrogens is 238 g/mol. The van der Waals surface area contributed by atoms with Crippen molar-refractivity contribution in [2.75, 3.05) is 5.32 Å². The number of nitrogens with zero attached hydrogens (tertiary/aromatic N) is 1. The normalized spacial score (nSPS) is 18.0. The topological polar surface area (TPSA) is 68.0 Å². The Bertz CT molecular complexity index is 399. The van der Waals surface area contributed by atoms with E-state index in [2.05, 4.69) is 10.3 Å². The zero-order chi connectivity index (χ0) is 12.3. The van der Waals surface area contributed by atoms with Crippen LogP contribution in [0.15, 0.2) is 18.3 Å². The quantitative estimate of drug-likeness (QED) is 0.813. The molecule has 2 rings (SSSR count). The van der Waals surface area contributed by atoms with Crippen LogP contribution in [0.2, 0.25) is 5.15 Å². The van der Waals surface area contributed by atoms with Crippen LogP contribution in [0.3, 0.4) is 0 Å². The van der Waals surface area contributed by atoms with Crippen molar-refractivity contribution in [3.63, 3.8) is 0 Å². The number of nitrogens with one attached hydrogen (secondary N) is 1. The van der Waals surface area contributed by atoms with Crippen molar-refractivity contribution in [1.82, 2.24) is 4.98 Å². The molecule has 0 atom stereocenters. The average molecular weight is 254 g/mol. The third-order valence-corrected chi connectivity index (χ3v) is 3.35. The molecule has 1 amide bonds. The van der Waals surface area contributed by atoms with Crippen LogP contribution in [0, 0.1) is 0 Å². The summed E-state index contributed by atoms with van der Waals surface area (Å²) in [6.45, 7) is 0. The number of hydrogen-bond acceptors (Lipinski definition) is 3. The Morgan fingerprint density at radius 1 is 1.47 bits per heavy atom. The molecule has 0 spiro atoms. The maximum atomic E-state index is 11.8. The third kappa shape index (κ3) is 3.41. The number of nitrogens with two attached hydrogens (primary N) is 1. The lowest BCUT2D eigenvalue weighted by Gasteiger charge is -2.22. The first kappa shape index (κ1) is 12.3. The molecule has 1 fully saturated rings. The van der Waals surface area contributed by atoms with E-state index >= 15 is 0 Å². The fourth-order valence-electron chi connectivity index (χ4n) is 2.23. The number of carbonyl (C=O) groups is 1. The van der Waals surface area contributed by atoms with Crippen LogP contribution < -0.4 is 11.1 Å². The van der Waals surface area contributed by atoms with Crippen molar-refractivity contribution in [3.05, 3.63) is 23.5 Å². The van der Waals surface area contributed by atoms with Gasteiger partial charge in [-0.1, -0.05) is 24.4 Å². The lowest BCUT2D eigenvalue weighted by Crippen LogP contribution is -2.40. The van der Waals surface area contributed by atoms with Crippen LogP contribution in [0.5, 0.6) is 0 Å². The molecule has 92 valence electrons. The average Bonchev–Trinajstić information content (AvgIpc) is 2.68. The van der Waals surface area contributed by atoms with E-state index in [9.17, 15) is 4.79 Å². The Morgan fingerprint density at radius 2 is 2.18 bits per heavy atom. The Kier molecular flexibility index (Phi) is 3.64. The number of halogens is 1. The molecule has 1 heterocycles. The fraction of sp³-hybridized carbons (Fsp3) is 0.500. The molecular formula is C12H16ClN3O. The second kappa shape index (κ2) is 5.02. The first-order valence-corrected chi connectivity index (χ1v) is 6.16. The minimum absolute atomic E-state index is 0.0569. The molecule has 3 N–H and O–H groups in total. The molecule has 0 bridgehead atoms. The molecule has 1 saturated carbocycles. The van der Waals surface area contributed by atoms with Crippen molar-refractivity contribution < 1.29 is 4.79 Å². The molecule has 0 saturated heterocycles. The van der Waals surface area contributed by atoms with Crippen molar-refractivity contribution in [1.29, 1.82) is 0 Å². The van der Waals surface area contributed by atoms with Crippen LogP contribution in [0.25, 0.3) is 0 Å². The minimum atomic E-state index is -0.316. The van der Waals surface area contributed by atoms with Crippen molar-refractivity contribution in [3.8, 4) is 0 Å². The molecule has 0 aliphatic heterocycles. The zero-order valence-electron chi connectivity index (χ0n) is 9.58. The van der Waals surface area contributed by atoms with Crippen LogP contribution in [0.4, 0.5) is 5.69 Å². The van der Waals surface area contributed by atoms with Gasteiger partial charge in [-0.2, -0.15) is 0 Å². The molecule has 5 heteroatoms. The van der Waals surface area contributed by atoms with Gasteiger partial charge >= 0.3 is 0 Å². The predicted molar refractivity (Wildman–Crippen MR) is 67.9 cm³/mol. The number of aromatic nitrogens is 1. The van der Waals surface area contributed by atoms with E-state index in [1.807, 2.05) is 0 Å². The molecule has 1 aliphatic carbocycles. The van der Waals surface area contributed by atoms with Gasteiger partial charge in [0.2, 0.25) is 5.91 Å². The van der Waals surface area contributed by atoms with Crippen molar-refractivity contribution in [2.45, 2.75) is 37.6 Å². The molecule has 1 aromatic heterocycles. The van der Waals surface area contributed by atoms with Gasteiger partial charge in [0, 0.05) is 12.0 Å². The van der Waals surface area contributed by atoms with E-state index in [1.54, 1.807) is 12.1 Å². The minimum Gasteiger partial charge on any atom is -0.325 e. The highest BCUT2D eigenvalue weighted by atomic mass is 35.5. The first-order chi connectivity index (χ1) is 8.07. The number of carbonyl (C=O) groups excluding carboxylic acids is 1. The lowest BCUT2D eigenvalue weighted by atomic mass is 9.94. The maximum Gasteiger partial charge on any atom is 0.226 e. The summed E-state index contributed by atoms with van der Waals surface area (Å²) in [6, 6.07) is 3.37. The van der Waals surface area contributed by atoms with Gasteiger partial charge in [-0.3, -0.25) is 4.79 Å². The van der Waals surface area contributed by atoms with Gasteiger partial charge in [-0.05, 0) is 25.0 Å². The number of rotatable bonds is 3. The van der Waals surface area contributed by atoms with E-state index in [-0.39, 0.29) is 11.4 Å². The van der Waals surface area contributed by atoms with Crippen LogP contribution in [-0.2, 0) is 4.79 Å². The summed E-state index contributed by atoms with van der Waals surface area (Å²) in [7, 11) is 0. The third-order valence-electron chi connectivity index (χ3n) is 3.12. The molecule has 4 nitrogen and oxygen atoms in total. The van der Waals surface area contributed by atoms with Crippen molar-refractivity contribution in [2.24, 2.45) is 5.73 Å². The van der Waals surface area contributed by atoms with Gasteiger partial charge in [-0.25, -0.2) is 4.98 Å². The van der Waals surface area contributed by atoms with E-state index in [1.165, 1.54) is 6.20 Å². The monoisotopic (exact) mass is 253 g/mol. The molecule has 0 aromatic carbocycles. The molecule has 1 aromatic rings. The highest BCUT2D eigenvalue weighted by Gasteiger charge is 2.31. The van der Waals surface area contributed by atoms with E-state index in [4.69, 9.17) is 17.3 Å². The van der Waals surface area contributed by atoms with Gasteiger partial charge in [0.1, 0.15) is 5.15 Å². The molecule has 0 radical (unpaired) electrons. The Labute approximate surface area is 106 Å². The lowest BCUT2D eigenvalue weighted by molar-refractivity contribution is -0.117. The Hall–Kier alpha value is -1.13. The summed E-state index contributed by atoms with van der Waals surface area (Å²) in [4.78, 5) is 15.7.